The van der Waals surface area contributed by atoms with E-state index >= 15 is 0 Å². The van der Waals surface area contributed by atoms with Gasteiger partial charge in [0.05, 0.1) is 18.6 Å². The van der Waals surface area contributed by atoms with Gasteiger partial charge in [-0.25, -0.2) is 0 Å². The summed E-state index contributed by atoms with van der Waals surface area (Å²) in [5.74, 6) is 0. The standard InChI is InChI=1S/C19H17N3O2/c23-19-16-7-3-6-14-13-4-1-2-5-15(13)18(17(14)16)20-22(19)12-21-8-10-24-11-9-21/h1-7H,8-12H2/p+1. The molecule has 1 fully saturated rings. The van der Waals surface area contributed by atoms with Gasteiger partial charge in [-0.2, -0.15) is 9.78 Å². The Morgan fingerprint density at radius 3 is 2.58 bits per heavy atom. The molecular formula is C19H18N3O2+. The molecule has 0 bridgehead atoms. The van der Waals surface area contributed by atoms with Crippen LogP contribution in [-0.2, 0) is 11.4 Å². The number of hydrogen-bond acceptors (Lipinski definition) is 3. The van der Waals surface area contributed by atoms with Crippen molar-refractivity contribution in [1.82, 2.24) is 9.78 Å². The van der Waals surface area contributed by atoms with Gasteiger partial charge in [0.25, 0.3) is 5.56 Å². The second-order valence-corrected chi connectivity index (χ2v) is 6.45. The Hall–Kier alpha value is -2.50. The van der Waals surface area contributed by atoms with Gasteiger partial charge in [0.2, 0.25) is 0 Å². The van der Waals surface area contributed by atoms with E-state index in [0.29, 0.717) is 6.67 Å². The molecule has 0 unspecified atom stereocenters. The summed E-state index contributed by atoms with van der Waals surface area (Å²) >= 11 is 0. The van der Waals surface area contributed by atoms with E-state index in [4.69, 9.17) is 9.84 Å². The third kappa shape index (κ3) is 1.95. The smallest absolute Gasteiger partial charge is 0.279 e. The Morgan fingerprint density at radius 1 is 1.00 bits per heavy atom. The number of hydrogen-bond donors (Lipinski definition) is 1. The minimum absolute atomic E-state index is 0.00222. The summed E-state index contributed by atoms with van der Waals surface area (Å²) < 4.78 is 7.05. The molecule has 1 aliphatic heterocycles. The Labute approximate surface area is 139 Å². The molecule has 24 heavy (non-hydrogen) atoms. The third-order valence-corrected chi connectivity index (χ3v) is 5.03. The van der Waals surface area contributed by atoms with Crippen molar-refractivity contribution in [1.29, 1.82) is 0 Å². The quantitative estimate of drug-likeness (QED) is 0.597. The molecule has 2 heterocycles. The first-order valence-corrected chi connectivity index (χ1v) is 8.38. The molecule has 0 amide bonds. The van der Waals surface area contributed by atoms with E-state index in [1.807, 2.05) is 24.3 Å². The zero-order valence-corrected chi connectivity index (χ0v) is 13.3. The minimum atomic E-state index is 0.00222. The van der Waals surface area contributed by atoms with Crippen LogP contribution in [0, 0.1) is 0 Å². The molecule has 0 saturated carbocycles. The molecule has 5 rings (SSSR count). The fraction of sp³-hybridized carbons (Fsp3) is 0.263. The third-order valence-electron chi connectivity index (χ3n) is 5.03. The van der Waals surface area contributed by atoms with Crippen LogP contribution in [0.15, 0.2) is 47.3 Å². The lowest BCUT2D eigenvalue weighted by molar-refractivity contribution is -0.931. The first-order valence-electron chi connectivity index (χ1n) is 8.38. The first-order chi connectivity index (χ1) is 11.8. The maximum Gasteiger partial charge on any atom is 0.279 e. The number of morpholine rings is 1. The number of rotatable bonds is 2. The van der Waals surface area contributed by atoms with Crippen LogP contribution in [0.4, 0.5) is 0 Å². The number of quaternary nitrogens is 1. The normalized spacial score (nSPS) is 16.5. The van der Waals surface area contributed by atoms with E-state index in [1.165, 1.54) is 10.5 Å². The Balaban J connectivity index is 1.72. The van der Waals surface area contributed by atoms with Crippen LogP contribution in [-0.4, -0.2) is 36.1 Å². The molecule has 5 heteroatoms. The van der Waals surface area contributed by atoms with E-state index in [9.17, 15) is 4.79 Å². The lowest BCUT2D eigenvalue weighted by atomic mass is 10.0. The van der Waals surface area contributed by atoms with Crippen molar-refractivity contribution in [2.45, 2.75) is 6.67 Å². The van der Waals surface area contributed by atoms with Crippen LogP contribution < -0.4 is 10.5 Å². The summed E-state index contributed by atoms with van der Waals surface area (Å²) in [6, 6.07) is 14.2. The van der Waals surface area contributed by atoms with Crippen LogP contribution in [0.3, 0.4) is 0 Å². The van der Waals surface area contributed by atoms with Gasteiger partial charge in [-0.1, -0.05) is 36.4 Å². The monoisotopic (exact) mass is 320 g/mol. The molecule has 3 aromatic rings. The highest BCUT2D eigenvalue weighted by Gasteiger charge is 2.25. The summed E-state index contributed by atoms with van der Waals surface area (Å²) in [4.78, 5) is 14.3. The van der Waals surface area contributed by atoms with Gasteiger partial charge in [-0.3, -0.25) is 4.79 Å². The van der Waals surface area contributed by atoms with Crippen molar-refractivity contribution in [3.63, 3.8) is 0 Å². The van der Waals surface area contributed by atoms with E-state index < -0.39 is 0 Å². The predicted molar refractivity (Wildman–Crippen MR) is 91.9 cm³/mol. The first kappa shape index (κ1) is 13.9. The van der Waals surface area contributed by atoms with Crippen molar-refractivity contribution in [3.05, 3.63) is 52.8 Å². The van der Waals surface area contributed by atoms with Crippen LogP contribution in [0.1, 0.15) is 0 Å². The number of ether oxygens (including phenoxy) is 1. The fourth-order valence-corrected chi connectivity index (χ4v) is 3.82. The number of benzene rings is 2. The van der Waals surface area contributed by atoms with Crippen molar-refractivity contribution in [2.75, 3.05) is 26.3 Å². The molecule has 120 valence electrons. The van der Waals surface area contributed by atoms with E-state index in [0.717, 1.165) is 53.9 Å². The molecule has 2 aromatic carbocycles. The molecule has 1 N–H and O–H groups in total. The molecule has 5 nitrogen and oxygen atoms in total. The fourth-order valence-electron chi connectivity index (χ4n) is 3.82. The van der Waals surface area contributed by atoms with E-state index in [2.05, 4.69) is 18.2 Å². The second kappa shape index (κ2) is 5.26. The lowest BCUT2D eigenvalue weighted by Crippen LogP contribution is -3.13. The number of fused-ring (bicyclic) bond motifs is 3. The molecule has 0 radical (unpaired) electrons. The molecule has 0 atom stereocenters. The topological polar surface area (TPSA) is 48.6 Å². The summed E-state index contributed by atoms with van der Waals surface area (Å²) in [5, 5.41) is 6.51. The molecule has 1 saturated heterocycles. The average Bonchev–Trinajstić information content (AvgIpc) is 2.95. The molecule has 1 aromatic heterocycles. The van der Waals surface area contributed by atoms with Gasteiger partial charge in [0.1, 0.15) is 18.8 Å². The van der Waals surface area contributed by atoms with Gasteiger partial charge in [0.15, 0.2) is 6.67 Å². The van der Waals surface area contributed by atoms with Crippen molar-refractivity contribution in [3.8, 4) is 22.4 Å². The van der Waals surface area contributed by atoms with Crippen LogP contribution in [0.5, 0.6) is 0 Å². The summed E-state index contributed by atoms with van der Waals surface area (Å²) in [7, 11) is 0. The van der Waals surface area contributed by atoms with Gasteiger partial charge in [-0.05, 0) is 17.2 Å². The number of nitrogens with one attached hydrogen (secondary N) is 1. The number of aromatic nitrogens is 2. The van der Waals surface area contributed by atoms with Crippen LogP contribution in [0.25, 0.3) is 33.2 Å². The van der Waals surface area contributed by atoms with Gasteiger partial charge >= 0.3 is 0 Å². The SMILES string of the molecule is O=c1c2cccc3c2c(nn1C[NH+]1CCOCC1)-c1ccccc1-3. The molecule has 0 spiro atoms. The van der Waals surface area contributed by atoms with Crippen LogP contribution >= 0.6 is 0 Å². The van der Waals surface area contributed by atoms with E-state index in [1.54, 1.807) is 4.68 Å². The second-order valence-electron chi connectivity index (χ2n) is 6.45. The van der Waals surface area contributed by atoms with Crippen LogP contribution in [0.2, 0.25) is 0 Å². The Kier molecular flexibility index (Phi) is 3.04. The average molecular weight is 320 g/mol. The van der Waals surface area contributed by atoms with Crippen molar-refractivity contribution in [2.24, 2.45) is 0 Å². The van der Waals surface area contributed by atoms with Crippen molar-refractivity contribution < 1.29 is 9.64 Å². The highest BCUT2D eigenvalue weighted by Crippen LogP contribution is 2.44. The Morgan fingerprint density at radius 2 is 1.75 bits per heavy atom. The summed E-state index contributed by atoms with van der Waals surface area (Å²) in [6.07, 6.45) is 0. The zero-order chi connectivity index (χ0) is 16.1. The highest BCUT2D eigenvalue weighted by atomic mass is 16.5. The summed E-state index contributed by atoms with van der Waals surface area (Å²) in [6.45, 7) is 3.92. The van der Waals surface area contributed by atoms with Gasteiger partial charge in [0, 0.05) is 10.9 Å². The van der Waals surface area contributed by atoms with Gasteiger partial charge < -0.3 is 9.64 Å². The maximum atomic E-state index is 12.9. The number of nitrogens with zero attached hydrogens (tertiary/aromatic N) is 2. The summed E-state index contributed by atoms with van der Waals surface area (Å²) in [5.41, 5.74) is 4.34. The Bertz CT molecular complexity index is 1000. The van der Waals surface area contributed by atoms with E-state index in [-0.39, 0.29) is 5.56 Å². The lowest BCUT2D eigenvalue weighted by Gasteiger charge is -2.24. The maximum absolute atomic E-state index is 12.9. The molecular weight excluding hydrogens is 302 g/mol. The molecule has 2 aliphatic rings. The largest absolute Gasteiger partial charge is 0.370 e. The molecule has 1 aliphatic carbocycles. The van der Waals surface area contributed by atoms with Gasteiger partial charge in [-0.15, -0.1) is 0 Å². The highest BCUT2D eigenvalue weighted by molar-refractivity contribution is 6.13. The van der Waals surface area contributed by atoms with Crippen molar-refractivity contribution >= 4 is 10.8 Å². The zero-order valence-electron chi connectivity index (χ0n) is 13.3. The predicted octanol–water partition coefficient (Wildman–Crippen LogP) is 0.916. The minimum Gasteiger partial charge on any atom is -0.370 e.